The molecule has 0 aliphatic heterocycles. The van der Waals surface area contributed by atoms with Crippen molar-refractivity contribution in [3.63, 3.8) is 0 Å². The summed E-state index contributed by atoms with van der Waals surface area (Å²) in [6, 6.07) is 7.78. The second-order valence-electron chi connectivity index (χ2n) is 4.56. The highest BCUT2D eigenvalue weighted by atomic mass is 19.4. The standard InChI is InChI=1S/C15H16F3NO2/c1-2-19-14(9-11-7-8-20-10-11)12-3-5-13(6-4-12)21-15(16,17)18/h3-8,10,14,19H,2,9H2,1H3. The maximum absolute atomic E-state index is 12.1. The number of rotatable bonds is 6. The predicted octanol–water partition coefficient (Wildman–Crippen LogP) is 4.07. The first-order chi connectivity index (χ1) is 9.98. The minimum Gasteiger partial charge on any atom is -0.472 e. The summed E-state index contributed by atoms with van der Waals surface area (Å²) >= 11 is 0. The largest absolute Gasteiger partial charge is 0.573 e. The zero-order valence-electron chi connectivity index (χ0n) is 11.5. The lowest BCUT2D eigenvalue weighted by atomic mass is 10.0. The molecule has 1 aromatic carbocycles. The molecule has 0 aliphatic rings. The summed E-state index contributed by atoms with van der Waals surface area (Å²) in [5, 5.41) is 3.30. The number of hydrogen-bond donors (Lipinski definition) is 1. The molecule has 3 nitrogen and oxygen atoms in total. The van der Waals surface area contributed by atoms with E-state index in [2.05, 4.69) is 10.1 Å². The van der Waals surface area contributed by atoms with Gasteiger partial charge >= 0.3 is 6.36 Å². The predicted molar refractivity (Wildman–Crippen MR) is 72.0 cm³/mol. The van der Waals surface area contributed by atoms with E-state index in [1.54, 1.807) is 24.7 Å². The molecular weight excluding hydrogens is 283 g/mol. The fraction of sp³-hybridized carbons (Fsp3) is 0.333. The van der Waals surface area contributed by atoms with E-state index in [-0.39, 0.29) is 11.8 Å². The molecule has 0 aliphatic carbocycles. The third-order valence-corrected chi connectivity index (χ3v) is 2.99. The Bertz CT molecular complexity index is 535. The number of benzene rings is 1. The highest BCUT2D eigenvalue weighted by Gasteiger charge is 2.31. The smallest absolute Gasteiger partial charge is 0.472 e. The third kappa shape index (κ3) is 4.82. The van der Waals surface area contributed by atoms with Crippen LogP contribution < -0.4 is 10.1 Å². The van der Waals surface area contributed by atoms with Gasteiger partial charge in [0.25, 0.3) is 0 Å². The number of likely N-dealkylation sites (N-methyl/N-ethyl adjacent to an activating group) is 1. The molecule has 1 atom stereocenters. The molecule has 2 aromatic rings. The average Bonchev–Trinajstić information content (AvgIpc) is 2.90. The first-order valence-electron chi connectivity index (χ1n) is 6.58. The van der Waals surface area contributed by atoms with Crippen LogP contribution in [-0.4, -0.2) is 12.9 Å². The van der Waals surface area contributed by atoms with E-state index in [1.807, 2.05) is 13.0 Å². The van der Waals surface area contributed by atoms with Crippen molar-refractivity contribution in [1.29, 1.82) is 0 Å². The number of halogens is 3. The van der Waals surface area contributed by atoms with Crippen LogP contribution in [0.15, 0.2) is 47.3 Å². The van der Waals surface area contributed by atoms with Gasteiger partial charge in [0.2, 0.25) is 0 Å². The van der Waals surface area contributed by atoms with E-state index < -0.39 is 6.36 Å². The Morgan fingerprint density at radius 1 is 1.19 bits per heavy atom. The number of furan rings is 1. The summed E-state index contributed by atoms with van der Waals surface area (Å²) in [6.07, 6.45) is -0.715. The average molecular weight is 299 g/mol. The molecule has 0 fully saturated rings. The van der Waals surface area contributed by atoms with Gasteiger partial charge in [-0.05, 0) is 42.3 Å². The highest BCUT2D eigenvalue weighted by Crippen LogP contribution is 2.25. The van der Waals surface area contributed by atoms with E-state index in [9.17, 15) is 13.2 Å². The zero-order valence-corrected chi connectivity index (χ0v) is 11.5. The molecule has 2 rings (SSSR count). The molecule has 6 heteroatoms. The lowest BCUT2D eigenvalue weighted by Crippen LogP contribution is -2.23. The molecule has 0 spiro atoms. The fourth-order valence-corrected chi connectivity index (χ4v) is 2.10. The van der Waals surface area contributed by atoms with E-state index >= 15 is 0 Å². The van der Waals surface area contributed by atoms with Crippen LogP contribution in [0.5, 0.6) is 5.75 Å². The van der Waals surface area contributed by atoms with Crippen molar-refractivity contribution in [2.45, 2.75) is 25.7 Å². The van der Waals surface area contributed by atoms with Crippen LogP contribution in [-0.2, 0) is 6.42 Å². The van der Waals surface area contributed by atoms with Crippen molar-refractivity contribution in [2.75, 3.05) is 6.54 Å². The Hall–Kier alpha value is -1.95. The van der Waals surface area contributed by atoms with Gasteiger partial charge in [-0.25, -0.2) is 0 Å². The molecule has 1 aromatic heterocycles. The second kappa shape index (κ2) is 6.67. The van der Waals surface area contributed by atoms with Crippen molar-refractivity contribution in [2.24, 2.45) is 0 Å². The molecule has 0 bridgehead atoms. The van der Waals surface area contributed by atoms with Gasteiger partial charge in [0, 0.05) is 6.04 Å². The maximum atomic E-state index is 12.1. The van der Waals surface area contributed by atoms with Gasteiger partial charge < -0.3 is 14.5 Å². The zero-order chi connectivity index (χ0) is 15.3. The molecule has 0 saturated heterocycles. The number of alkyl halides is 3. The molecule has 1 heterocycles. The first-order valence-corrected chi connectivity index (χ1v) is 6.58. The SMILES string of the molecule is CCNC(Cc1ccoc1)c1ccc(OC(F)(F)F)cc1. The van der Waals surface area contributed by atoms with Crippen LogP contribution in [0.2, 0.25) is 0 Å². The Balaban J connectivity index is 2.09. The molecule has 0 saturated carbocycles. The summed E-state index contributed by atoms with van der Waals surface area (Å²) in [4.78, 5) is 0. The molecule has 1 N–H and O–H groups in total. The van der Waals surface area contributed by atoms with Crippen LogP contribution >= 0.6 is 0 Å². The third-order valence-electron chi connectivity index (χ3n) is 2.99. The van der Waals surface area contributed by atoms with Crippen LogP contribution in [0.25, 0.3) is 0 Å². The monoisotopic (exact) mass is 299 g/mol. The normalized spacial score (nSPS) is 13.1. The van der Waals surface area contributed by atoms with Gasteiger partial charge in [-0.1, -0.05) is 19.1 Å². The molecule has 114 valence electrons. The first kappa shape index (κ1) is 15.4. The fourth-order valence-electron chi connectivity index (χ4n) is 2.10. The van der Waals surface area contributed by atoms with E-state index in [4.69, 9.17) is 4.42 Å². The molecule has 21 heavy (non-hydrogen) atoms. The molecular formula is C15H16F3NO2. The van der Waals surface area contributed by atoms with E-state index in [1.165, 1.54) is 12.1 Å². The Labute approximate surface area is 120 Å². The quantitative estimate of drug-likeness (QED) is 0.873. The Morgan fingerprint density at radius 2 is 1.90 bits per heavy atom. The lowest BCUT2D eigenvalue weighted by Gasteiger charge is -2.18. The molecule has 1 unspecified atom stereocenters. The highest BCUT2D eigenvalue weighted by molar-refractivity contribution is 5.30. The van der Waals surface area contributed by atoms with Crippen molar-refractivity contribution in [1.82, 2.24) is 5.32 Å². The number of nitrogens with one attached hydrogen (secondary N) is 1. The van der Waals surface area contributed by atoms with Gasteiger partial charge in [0.1, 0.15) is 5.75 Å². The van der Waals surface area contributed by atoms with E-state index in [0.717, 1.165) is 17.7 Å². The van der Waals surface area contributed by atoms with Gasteiger partial charge in [-0.15, -0.1) is 13.2 Å². The minimum atomic E-state index is -4.67. The van der Waals surface area contributed by atoms with E-state index in [0.29, 0.717) is 6.42 Å². The summed E-state index contributed by atoms with van der Waals surface area (Å²) in [6.45, 7) is 2.73. The number of ether oxygens (including phenoxy) is 1. The summed E-state index contributed by atoms with van der Waals surface area (Å²) < 4.78 is 45.3. The Kier molecular flexibility index (Phi) is 4.90. The van der Waals surface area contributed by atoms with Crippen LogP contribution in [0.4, 0.5) is 13.2 Å². The maximum Gasteiger partial charge on any atom is 0.573 e. The van der Waals surface area contributed by atoms with Gasteiger partial charge in [-0.2, -0.15) is 0 Å². The van der Waals surface area contributed by atoms with Crippen molar-refractivity contribution in [3.05, 3.63) is 54.0 Å². The Morgan fingerprint density at radius 3 is 2.43 bits per heavy atom. The van der Waals surface area contributed by atoms with Crippen LogP contribution in [0, 0.1) is 0 Å². The van der Waals surface area contributed by atoms with Crippen LogP contribution in [0.3, 0.4) is 0 Å². The topological polar surface area (TPSA) is 34.4 Å². The second-order valence-corrected chi connectivity index (χ2v) is 4.56. The number of hydrogen-bond acceptors (Lipinski definition) is 3. The lowest BCUT2D eigenvalue weighted by molar-refractivity contribution is -0.274. The summed E-state index contributed by atoms with van der Waals surface area (Å²) in [5.74, 6) is -0.218. The van der Waals surface area contributed by atoms with Crippen molar-refractivity contribution < 1.29 is 22.3 Å². The van der Waals surface area contributed by atoms with Gasteiger partial charge in [0.05, 0.1) is 12.5 Å². The van der Waals surface area contributed by atoms with Gasteiger partial charge in [0.15, 0.2) is 0 Å². The summed E-state index contributed by atoms with van der Waals surface area (Å²) in [5.41, 5.74) is 1.92. The minimum absolute atomic E-state index is 0.00698. The van der Waals surface area contributed by atoms with Crippen molar-refractivity contribution >= 4 is 0 Å². The summed E-state index contributed by atoms with van der Waals surface area (Å²) in [7, 11) is 0. The van der Waals surface area contributed by atoms with Crippen molar-refractivity contribution in [3.8, 4) is 5.75 Å². The van der Waals surface area contributed by atoms with Gasteiger partial charge in [-0.3, -0.25) is 0 Å². The molecule has 0 amide bonds. The molecule has 0 radical (unpaired) electrons. The van der Waals surface area contributed by atoms with Crippen LogP contribution in [0.1, 0.15) is 24.1 Å².